The number of carbonyl (C=O) groups excluding carboxylic acids is 2. The molecule has 2 amide bonds. The van der Waals surface area contributed by atoms with Gasteiger partial charge in [0.1, 0.15) is 6.04 Å². The van der Waals surface area contributed by atoms with E-state index in [-0.39, 0.29) is 17.9 Å². The van der Waals surface area contributed by atoms with Crippen LogP contribution >= 0.6 is 0 Å². The van der Waals surface area contributed by atoms with Gasteiger partial charge in [-0.3, -0.25) is 9.59 Å². The zero-order chi connectivity index (χ0) is 26.5. The van der Waals surface area contributed by atoms with E-state index >= 15 is 0 Å². The molecule has 2 atom stereocenters. The summed E-state index contributed by atoms with van der Waals surface area (Å²) in [6.45, 7) is 2.25. The number of hydrogen-bond acceptors (Lipinski definition) is 3. The van der Waals surface area contributed by atoms with Gasteiger partial charge in [0, 0.05) is 5.69 Å². The smallest absolute Gasteiger partial charge is 0.249 e. The van der Waals surface area contributed by atoms with E-state index in [1.165, 1.54) is 16.5 Å². The summed E-state index contributed by atoms with van der Waals surface area (Å²) in [6, 6.07) is 30.6. The third-order valence-corrected chi connectivity index (χ3v) is 7.65. The van der Waals surface area contributed by atoms with Crippen LogP contribution in [0.2, 0.25) is 0 Å². The van der Waals surface area contributed by atoms with Gasteiger partial charge >= 0.3 is 0 Å². The summed E-state index contributed by atoms with van der Waals surface area (Å²) in [4.78, 5) is 28.4. The molecule has 5 rings (SSSR count). The molecule has 1 aliphatic heterocycles. The van der Waals surface area contributed by atoms with Crippen molar-refractivity contribution < 1.29 is 9.59 Å². The van der Waals surface area contributed by atoms with Crippen molar-refractivity contribution in [2.45, 2.75) is 51.2 Å². The summed E-state index contributed by atoms with van der Waals surface area (Å²) in [5.74, 6) is -0.228. The van der Waals surface area contributed by atoms with Crippen LogP contribution in [0.1, 0.15) is 35.6 Å². The first kappa shape index (κ1) is 25.7. The molecule has 0 aliphatic carbocycles. The Morgan fingerprint density at radius 2 is 1.53 bits per heavy atom. The number of benzene rings is 4. The van der Waals surface area contributed by atoms with E-state index in [4.69, 9.17) is 0 Å². The van der Waals surface area contributed by atoms with Crippen molar-refractivity contribution in [3.63, 3.8) is 0 Å². The highest BCUT2D eigenvalue weighted by Gasteiger charge is 2.32. The highest BCUT2D eigenvalue weighted by atomic mass is 16.2. The Labute approximate surface area is 224 Å². The fourth-order valence-electron chi connectivity index (χ4n) is 5.31. The molecule has 0 fully saturated rings. The molecule has 4 aromatic rings. The minimum atomic E-state index is -0.567. The zero-order valence-electron chi connectivity index (χ0n) is 22.1. The van der Waals surface area contributed by atoms with E-state index in [2.05, 4.69) is 77.4 Å². The normalized spacial score (nSPS) is 16.1. The molecule has 1 aliphatic rings. The number of fused-ring (bicyclic) bond motifs is 2. The molecule has 194 valence electrons. The maximum Gasteiger partial charge on any atom is 0.249 e. The molecule has 0 saturated carbocycles. The Hall–Kier alpha value is -3.96. The highest BCUT2D eigenvalue weighted by Crippen LogP contribution is 2.31. The van der Waals surface area contributed by atoms with Crippen molar-refractivity contribution in [2.75, 3.05) is 11.9 Å². The van der Waals surface area contributed by atoms with Gasteiger partial charge in [0.05, 0.1) is 12.6 Å². The number of nitrogens with zero attached hydrogens (tertiary/aromatic N) is 1. The number of anilines is 1. The van der Waals surface area contributed by atoms with Gasteiger partial charge in [-0.2, -0.15) is 0 Å². The summed E-state index contributed by atoms with van der Waals surface area (Å²) in [5.41, 5.74) is 5.79. The average molecular weight is 506 g/mol. The van der Waals surface area contributed by atoms with E-state index in [1.807, 2.05) is 29.2 Å². The predicted molar refractivity (Wildman–Crippen MR) is 154 cm³/mol. The Morgan fingerprint density at radius 1 is 0.868 bits per heavy atom. The van der Waals surface area contributed by atoms with E-state index in [9.17, 15) is 9.59 Å². The van der Waals surface area contributed by atoms with Crippen LogP contribution < -0.4 is 15.5 Å². The highest BCUT2D eigenvalue weighted by molar-refractivity contribution is 6.01. The van der Waals surface area contributed by atoms with Crippen molar-refractivity contribution in [3.05, 3.63) is 113 Å². The minimum Gasteiger partial charge on any atom is -0.343 e. The summed E-state index contributed by atoms with van der Waals surface area (Å²) in [5, 5.41) is 8.35. The van der Waals surface area contributed by atoms with Gasteiger partial charge in [0.15, 0.2) is 0 Å². The number of para-hydroxylation sites is 1. The van der Waals surface area contributed by atoms with Crippen LogP contribution in [0.25, 0.3) is 10.8 Å². The molecular formula is C33H35N3O2. The number of carbonyl (C=O) groups is 2. The van der Waals surface area contributed by atoms with Gasteiger partial charge in [0.25, 0.3) is 0 Å². The molecule has 2 N–H and O–H groups in total. The number of aryl methyl sites for hydroxylation is 3. The summed E-state index contributed by atoms with van der Waals surface area (Å²) in [7, 11) is 1.75. The number of hydrogen-bond donors (Lipinski definition) is 2. The van der Waals surface area contributed by atoms with E-state index < -0.39 is 6.04 Å². The lowest BCUT2D eigenvalue weighted by molar-refractivity contribution is -0.128. The topological polar surface area (TPSA) is 61.4 Å². The summed E-state index contributed by atoms with van der Waals surface area (Å²) < 4.78 is 0. The lowest BCUT2D eigenvalue weighted by Gasteiger charge is -2.27. The number of nitrogens with one attached hydrogen (secondary N) is 2. The largest absolute Gasteiger partial charge is 0.343 e. The molecule has 0 spiro atoms. The number of rotatable bonds is 8. The molecular weight excluding hydrogens is 470 g/mol. The molecule has 0 saturated heterocycles. The van der Waals surface area contributed by atoms with Gasteiger partial charge in [-0.05, 0) is 78.7 Å². The van der Waals surface area contributed by atoms with Crippen LogP contribution in [-0.2, 0) is 35.4 Å². The Bertz CT molecular complexity index is 1430. The lowest BCUT2D eigenvalue weighted by Crippen LogP contribution is -2.52. The third-order valence-electron chi connectivity index (χ3n) is 7.65. The quantitative estimate of drug-likeness (QED) is 0.346. The van der Waals surface area contributed by atoms with Gasteiger partial charge in [-0.15, -0.1) is 0 Å². The van der Waals surface area contributed by atoms with Crippen molar-refractivity contribution in [1.82, 2.24) is 10.6 Å². The SMILES string of the molecule is CNC(C)C(=O)NC1CCc2ccccc2N(Cc2ccc(CCc3ccccc3)c3ccccc23)C1=O. The summed E-state index contributed by atoms with van der Waals surface area (Å²) in [6.07, 6.45) is 3.24. The van der Waals surface area contributed by atoms with E-state index in [1.54, 1.807) is 14.0 Å². The fraction of sp³-hybridized carbons (Fsp3) is 0.273. The maximum absolute atomic E-state index is 13.9. The van der Waals surface area contributed by atoms with E-state index in [0.29, 0.717) is 13.0 Å². The van der Waals surface area contributed by atoms with Crippen LogP contribution in [0.4, 0.5) is 5.69 Å². The first-order valence-corrected chi connectivity index (χ1v) is 13.5. The molecule has 0 aromatic heterocycles. The molecule has 0 radical (unpaired) electrons. The van der Waals surface area contributed by atoms with Crippen LogP contribution in [0.5, 0.6) is 0 Å². The minimum absolute atomic E-state index is 0.0659. The van der Waals surface area contributed by atoms with E-state index in [0.717, 1.165) is 41.5 Å². The van der Waals surface area contributed by atoms with Crippen molar-refractivity contribution >= 4 is 28.3 Å². The molecule has 5 nitrogen and oxygen atoms in total. The molecule has 1 heterocycles. The van der Waals surface area contributed by atoms with Crippen molar-refractivity contribution in [2.24, 2.45) is 0 Å². The fourth-order valence-corrected chi connectivity index (χ4v) is 5.31. The monoisotopic (exact) mass is 505 g/mol. The van der Waals surface area contributed by atoms with Crippen LogP contribution in [0.15, 0.2) is 91.0 Å². The Kier molecular flexibility index (Phi) is 7.85. The maximum atomic E-state index is 13.9. The van der Waals surface area contributed by atoms with Gasteiger partial charge in [-0.1, -0.05) is 84.9 Å². The summed E-state index contributed by atoms with van der Waals surface area (Å²) >= 11 is 0. The molecule has 4 aromatic carbocycles. The van der Waals surface area contributed by atoms with Crippen molar-refractivity contribution in [3.8, 4) is 0 Å². The van der Waals surface area contributed by atoms with Crippen LogP contribution in [0.3, 0.4) is 0 Å². The van der Waals surface area contributed by atoms with Gasteiger partial charge in [0.2, 0.25) is 11.8 Å². The number of amides is 2. The molecule has 38 heavy (non-hydrogen) atoms. The molecule has 0 bridgehead atoms. The first-order valence-electron chi connectivity index (χ1n) is 13.5. The number of likely N-dealkylation sites (N-methyl/N-ethyl adjacent to an activating group) is 1. The van der Waals surface area contributed by atoms with Crippen LogP contribution in [0, 0.1) is 0 Å². The Balaban J connectivity index is 1.46. The Morgan fingerprint density at radius 3 is 2.29 bits per heavy atom. The second-order valence-electron chi connectivity index (χ2n) is 10.1. The average Bonchev–Trinajstić information content (AvgIpc) is 3.09. The molecule has 2 unspecified atom stereocenters. The predicted octanol–water partition coefficient (Wildman–Crippen LogP) is 5.20. The lowest BCUT2D eigenvalue weighted by atomic mass is 9.95. The standard InChI is InChI=1S/C33H35N3O2/c1-23(34-2)32(37)35-30-21-20-26-12-6-9-15-31(26)36(33(30)38)22-27-19-18-25(28-13-7-8-14-29(27)28)17-16-24-10-4-3-5-11-24/h3-15,18-19,23,30,34H,16-17,20-22H2,1-2H3,(H,35,37). The second kappa shape index (κ2) is 11.6. The van der Waals surface area contributed by atoms with Crippen LogP contribution in [-0.4, -0.2) is 30.9 Å². The van der Waals surface area contributed by atoms with Gasteiger partial charge < -0.3 is 15.5 Å². The first-order chi connectivity index (χ1) is 18.5. The third kappa shape index (κ3) is 5.48. The van der Waals surface area contributed by atoms with Gasteiger partial charge in [-0.25, -0.2) is 0 Å². The zero-order valence-corrected chi connectivity index (χ0v) is 22.1. The second-order valence-corrected chi connectivity index (χ2v) is 10.1. The molecule has 5 heteroatoms. The van der Waals surface area contributed by atoms with Crippen molar-refractivity contribution in [1.29, 1.82) is 0 Å².